The van der Waals surface area contributed by atoms with Gasteiger partial charge in [-0.05, 0) is 18.0 Å². The highest BCUT2D eigenvalue weighted by atomic mass is 16.5. The smallest absolute Gasteiger partial charge is 0.265 e. The van der Waals surface area contributed by atoms with Crippen molar-refractivity contribution in [3.05, 3.63) is 5.89 Å². The lowest BCUT2D eigenvalue weighted by Crippen LogP contribution is -2.29. The van der Waals surface area contributed by atoms with Gasteiger partial charge in [0.25, 0.3) is 5.95 Å². The zero-order valence-corrected chi connectivity index (χ0v) is 10.3. The summed E-state index contributed by atoms with van der Waals surface area (Å²) < 4.78 is 5.12. The van der Waals surface area contributed by atoms with E-state index in [4.69, 9.17) is 4.52 Å². The van der Waals surface area contributed by atoms with Crippen molar-refractivity contribution in [1.29, 1.82) is 0 Å². The van der Waals surface area contributed by atoms with E-state index in [2.05, 4.69) is 10.1 Å². The molecule has 2 heterocycles. The average molecular weight is 238 g/mol. The van der Waals surface area contributed by atoms with Crippen molar-refractivity contribution in [2.45, 2.75) is 32.2 Å². The van der Waals surface area contributed by atoms with Crippen LogP contribution in [-0.2, 0) is 11.3 Å². The molecule has 1 amide bonds. The first-order valence-corrected chi connectivity index (χ1v) is 5.94. The minimum absolute atomic E-state index is 0.187. The third-order valence-electron chi connectivity index (χ3n) is 2.85. The van der Waals surface area contributed by atoms with Crippen LogP contribution in [0, 0.1) is 0 Å². The molecule has 0 saturated carbocycles. The monoisotopic (exact) mass is 238 g/mol. The van der Waals surface area contributed by atoms with E-state index in [-0.39, 0.29) is 5.91 Å². The van der Waals surface area contributed by atoms with Gasteiger partial charge in [0.1, 0.15) is 6.54 Å². The Labute approximate surface area is 101 Å². The first-order chi connectivity index (χ1) is 8.16. The molecule has 0 aromatic carbocycles. The molecule has 0 spiro atoms. The lowest BCUT2D eigenvalue weighted by molar-refractivity contribution is -0.131. The van der Waals surface area contributed by atoms with Crippen molar-refractivity contribution in [2.24, 2.45) is 0 Å². The van der Waals surface area contributed by atoms with E-state index in [1.54, 1.807) is 9.80 Å². The summed E-state index contributed by atoms with van der Waals surface area (Å²) in [5, 5.41) is 3.83. The number of hydrogen-bond donors (Lipinski definition) is 0. The number of nitrogens with zero attached hydrogens (tertiary/aromatic N) is 4. The van der Waals surface area contributed by atoms with Crippen molar-refractivity contribution in [2.75, 3.05) is 25.5 Å². The van der Waals surface area contributed by atoms with Gasteiger partial charge in [0.2, 0.25) is 11.8 Å². The highest BCUT2D eigenvalue weighted by molar-refractivity contribution is 5.76. The summed E-state index contributed by atoms with van der Waals surface area (Å²) in [6.45, 7) is 1.22. The SMILES string of the molecule is CN(C)c1noc(CN2CCCCCC2=O)n1. The molecule has 1 aliphatic rings. The predicted molar refractivity (Wildman–Crippen MR) is 62.5 cm³/mol. The van der Waals surface area contributed by atoms with Crippen molar-refractivity contribution in [3.8, 4) is 0 Å². The fourth-order valence-electron chi connectivity index (χ4n) is 1.86. The summed E-state index contributed by atoms with van der Waals surface area (Å²) in [6.07, 6.45) is 3.80. The van der Waals surface area contributed by atoms with Crippen LogP contribution < -0.4 is 4.90 Å². The largest absolute Gasteiger partial charge is 0.344 e. The van der Waals surface area contributed by atoms with Gasteiger partial charge in [0.05, 0.1) is 0 Å². The number of carbonyl (C=O) groups is 1. The summed E-state index contributed by atoms with van der Waals surface area (Å²) in [4.78, 5) is 19.6. The van der Waals surface area contributed by atoms with Gasteiger partial charge in [-0.25, -0.2) is 0 Å². The number of hydrogen-bond acceptors (Lipinski definition) is 5. The predicted octanol–water partition coefficient (Wildman–Crippen LogP) is 1.04. The molecule has 1 aromatic heterocycles. The number of carbonyl (C=O) groups excluding carboxylic acids is 1. The second-order valence-corrected chi connectivity index (χ2v) is 4.51. The molecule has 0 bridgehead atoms. The van der Waals surface area contributed by atoms with E-state index in [0.29, 0.717) is 24.8 Å². The third kappa shape index (κ3) is 2.95. The van der Waals surface area contributed by atoms with Crippen LogP contribution in [0.15, 0.2) is 4.52 Å². The summed E-state index contributed by atoms with van der Waals surface area (Å²) >= 11 is 0. The fourth-order valence-corrected chi connectivity index (χ4v) is 1.86. The average Bonchev–Trinajstić information content (AvgIpc) is 2.66. The summed E-state index contributed by atoms with van der Waals surface area (Å²) in [5.74, 6) is 1.23. The molecule has 0 N–H and O–H groups in total. The molecule has 6 heteroatoms. The van der Waals surface area contributed by atoms with Crippen LogP contribution in [0.3, 0.4) is 0 Å². The van der Waals surface area contributed by atoms with Crippen LogP contribution in [0.4, 0.5) is 5.95 Å². The highest BCUT2D eigenvalue weighted by Crippen LogP contribution is 2.14. The topological polar surface area (TPSA) is 62.5 Å². The number of aromatic nitrogens is 2. The molecule has 1 aliphatic heterocycles. The van der Waals surface area contributed by atoms with Crippen LogP contribution in [0.1, 0.15) is 31.6 Å². The Morgan fingerprint density at radius 1 is 1.35 bits per heavy atom. The summed E-state index contributed by atoms with van der Waals surface area (Å²) in [5.41, 5.74) is 0. The van der Waals surface area contributed by atoms with Crippen LogP contribution in [0.25, 0.3) is 0 Å². The first kappa shape index (κ1) is 11.9. The Balaban J connectivity index is 2.00. The lowest BCUT2D eigenvalue weighted by Gasteiger charge is -2.17. The lowest BCUT2D eigenvalue weighted by atomic mass is 10.2. The Morgan fingerprint density at radius 3 is 2.88 bits per heavy atom. The standard InChI is InChI=1S/C11H18N4O2/c1-14(2)11-12-9(17-13-11)8-15-7-5-3-4-6-10(15)16/h3-8H2,1-2H3. The number of anilines is 1. The molecule has 94 valence electrons. The number of likely N-dealkylation sites (tertiary alicyclic amines) is 1. The van der Waals surface area contributed by atoms with Crippen molar-refractivity contribution in [1.82, 2.24) is 15.0 Å². The van der Waals surface area contributed by atoms with E-state index < -0.39 is 0 Å². The molecule has 0 aliphatic carbocycles. The molecule has 0 unspecified atom stereocenters. The molecular formula is C11H18N4O2. The minimum atomic E-state index is 0.187. The Morgan fingerprint density at radius 2 is 2.18 bits per heavy atom. The Kier molecular flexibility index (Phi) is 3.61. The maximum atomic E-state index is 11.8. The molecular weight excluding hydrogens is 220 g/mol. The second kappa shape index (κ2) is 5.16. The zero-order chi connectivity index (χ0) is 12.3. The normalized spacial score (nSPS) is 17.1. The first-order valence-electron chi connectivity index (χ1n) is 5.94. The van der Waals surface area contributed by atoms with Gasteiger partial charge in [-0.15, -0.1) is 0 Å². The summed E-state index contributed by atoms with van der Waals surface area (Å²) in [7, 11) is 3.71. The fraction of sp³-hybridized carbons (Fsp3) is 0.727. The zero-order valence-electron chi connectivity index (χ0n) is 10.3. The molecule has 0 radical (unpaired) electrons. The molecule has 2 rings (SSSR count). The van der Waals surface area contributed by atoms with Crippen molar-refractivity contribution >= 4 is 11.9 Å². The quantitative estimate of drug-likeness (QED) is 0.787. The molecule has 1 aromatic rings. The van der Waals surface area contributed by atoms with Gasteiger partial charge in [-0.3, -0.25) is 4.79 Å². The summed E-state index contributed by atoms with van der Waals surface area (Å²) in [6, 6.07) is 0. The highest BCUT2D eigenvalue weighted by Gasteiger charge is 2.19. The third-order valence-corrected chi connectivity index (χ3v) is 2.85. The molecule has 1 saturated heterocycles. The van der Waals surface area contributed by atoms with Gasteiger partial charge >= 0.3 is 0 Å². The Bertz CT molecular complexity index is 389. The molecule has 1 fully saturated rings. The van der Waals surface area contributed by atoms with Gasteiger partial charge in [-0.2, -0.15) is 4.98 Å². The maximum Gasteiger partial charge on any atom is 0.265 e. The van der Waals surface area contributed by atoms with E-state index >= 15 is 0 Å². The molecule has 17 heavy (non-hydrogen) atoms. The van der Waals surface area contributed by atoms with E-state index in [1.807, 2.05) is 14.1 Å². The van der Waals surface area contributed by atoms with Gasteiger partial charge in [-0.1, -0.05) is 6.42 Å². The number of rotatable bonds is 3. The van der Waals surface area contributed by atoms with Crippen LogP contribution in [-0.4, -0.2) is 41.6 Å². The maximum absolute atomic E-state index is 11.8. The van der Waals surface area contributed by atoms with E-state index in [0.717, 1.165) is 25.8 Å². The van der Waals surface area contributed by atoms with Gasteiger partial charge < -0.3 is 14.3 Å². The number of amides is 1. The van der Waals surface area contributed by atoms with Crippen LogP contribution in [0.5, 0.6) is 0 Å². The van der Waals surface area contributed by atoms with Crippen molar-refractivity contribution in [3.63, 3.8) is 0 Å². The molecule has 6 nitrogen and oxygen atoms in total. The van der Waals surface area contributed by atoms with Crippen LogP contribution >= 0.6 is 0 Å². The molecule has 0 atom stereocenters. The minimum Gasteiger partial charge on any atom is -0.344 e. The van der Waals surface area contributed by atoms with Gasteiger partial charge in [0, 0.05) is 27.1 Å². The van der Waals surface area contributed by atoms with E-state index in [1.165, 1.54) is 0 Å². The Hall–Kier alpha value is -1.59. The van der Waals surface area contributed by atoms with Gasteiger partial charge in [0.15, 0.2) is 0 Å². The van der Waals surface area contributed by atoms with E-state index in [9.17, 15) is 4.79 Å². The second-order valence-electron chi connectivity index (χ2n) is 4.51. The van der Waals surface area contributed by atoms with Crippen molar-refractivity contribution < 1.29 is 9.32 Å². The van der Waals surface area contributed by atoms with Crippen LogP contribution in [0.2, 0.25) is 0 Å².